The molecule has 0 aliphatic heterocycles. The van der Waals surface area contributed by atoms with Gasteiger partial charge in [-0.25, -0.2) is 0 Å². The van der Waals surface area contributed by atoms with Crippen LogP contribution in [0.1, 0.15) is 0 Å². The molecule has 0 heterocycles. The first-order valence-corrected chi connectivity index (χ1v) is 4.05. The van der Waals surface area contributed by atoms with Gasteiger partial charge in [0, 0.05) is 0 Å². The van der Waals surface area contributed by atoms with Crippen molar-refractivity contribution in [2.24, 2.45) is 0 Å². The van der Waals surface area contributed by atoms with Crippen molar-refractivity contribution in [2.45, 2.75) is 0 Å². The van der Waals surface area contributed by atoms with E-state index < -0.39 is 0 Å². The van der Waals surface area contributed by atoms with Gasteiger partial charge in [-0.3, -0.25) is 0 Å². The van der Waals surface area contributed by atoms with Crippen LogP contribution in [0.3, 0.4) is 0 Å². The van der Waals surface area contributed by atoms with Crippen molar-refractivity contribution >= 4 is 32.2 Å². The molecular weight excluding hydrogens is 208 g/mol. The summed E-state index contributed by atoms with van der Waals surface area (Å²) in [6.07, 6.45) is 0. The van der Waals surface area contributed by atoms with Gasteiger partial charge >= 0.3 is 62.2 Å². The topological polar surface area (TPSA) is 26.0 Å². The third-order valence-electron chi connectivity index (χ3n) is 0.936. The standard InChI is InChI=1S/C6H6N.Sb.2H/c7-6-4-2-1-3-5-6;;;/h2-5H,7H2;;;. The summed E-state index contributed by atoms with van der Waals surface area (Å²) in [4.78, 5) is 0. The molecule has 0 fully saturated rings. The van der Waals surface area contributed by atoms with Crippen LogP contribution in [-0.2, 0) is 0 Å². The molecule has 8 heavy (non-hydrogen) atoms. The fourth-order valence-electron chi connectivity index (χ4n) is 0.496. The van der Waals surface area contributed by atoms with E-state index in [1.165, 1.54) is 26.5 Å². The molecule has 0 aliphatic rings. The van der Waals surface area contributed by atoms with Gasteiger partial charge in [0.1, 0.15) is 0 Å². The van der Waals surface area contributed by atoms with Crippen molar-refractivity contribution in [1.82, 2.24) is 0 Å². The molecule has 0 radical (unpaired) electrons. The van der Waals surface area contributed by atoms with E-state index in [1.807, 2.05) is 12.1 Å². The van der Waals surface area contributed by atoms with Crippen LogP contribution in [0.5, 0.6) is 0 Å². The Hall–Kier alpha value is -0.162. The molecule has 2 N–H and O–H groups in total. The average Bonchev–Trinajstić information content (AvgIpc) is 1.77. The summed E-state index contributed by atoms with van der Waals surface area (Å²) < 4.78 is 1.38. The van der Waals surface area contributed by atoms with E-state index in [1.54, 1.807) is 0 Å². The summed E-state index contributed by atoms with van der Waals surface area (Å²) in [7, 11) is 0. The fraction of sp³-hybridized carbons (Fsp3) is 0. The molecule has 0 saturated heterocycles. The summed E-state index contributed by atoms with van der Waals surface area (Å²) >= 11 is 1.18. The second kappa shape index (κ2) is 2.41. The zero-order valence-electron chi connectivity index (χ0n) is 4.46. The molecule has 2 heteroatoms. The van der Waals surface area contributed by atoms with Gasteiger partial charge in [-0.2, -0.15) is 0 Å². The van der Waals surface area contributed by atoms with E-state index in [9.17, 15) is 0 Å². The van der Waals surface area contributed by atoms with Crippen molar-refractivity contribution in [1.29, 1.82) is 0 Å². The van der Waals surface area contributed by atoms with Crippen LogP contribution in [0.25, 0.3) is 0 Å². The maximum absolute atomic E-state index is 5.44. The predicted molar refractivity (Wildman–Crippen MR) is 39.0 cm³/mol. The Kier molecular flexibility index (Phi) is 1.80. The van der Waals surface area contributed by atoms with Crippen LogP contribution in [0.2, 0.25) is 0 Å². The van der Waals surface area contributed by atoms with Crippen LogP contribution in [0.15, 0.2) is 24.3 Å². The quantitative estimate of drug-likeness (QED) is 0.460. The Balaban J connectivity index is 3.03. The molecule has 0 spiro atoms. The number of hydrogen-bond acceptors (Lipinski definition) is 1. The number of nitrogen functional groups attached to an aromatic ring is 1. The molecule has 1 aromatic carbocycles. The summed E-state index contributed by atoms with van der Waals surface area (Å²) in [6.45, 7) is 0. The Morgan fingerprint density at radius 3 is 2.00 bits per heavy atom. The fourth-order valence-corrected chi connectivity index (χ4v) is 1.05. The molecule has 0 atom stereocenters. The van der Waals surface area contributed by atoms with E-state index in [0.717, 1.165) is 5.69 Å². The minimum atomic E-state index is 0.850. The first kappa shape index (κ1) is 5.97. The molecule has 0 aliphatic carbocycles. The zero-order valence-corrected chi connectivity index (χ0v) is 7.76. The normalized spacial score (nSPS) is 9.12. The van der Waals surface area contributed by atoms with Crippen LogP contribution in [-0.4, -0.2) is 23.0 Å². The number of nitrogens with two attached hydrogens (primary N) is 1. The maximum atomic E-state index is 5.44. The molecule has 1 aromatic rings. The van der Waals surface area contributed by atoms with Crippen molar-refractivity contribution in [3.63, 3.8) is 0 Å². The van der Waals surface area contributed by atoms with E-state index in [2.05, 4.69) is 12.1 Å². The third-order valence-corrected chi connectivity index (χ3v) is 2.04. The van der Waals surface area contributed by atoms with E-state index in [4.69, 9.17) is 5.73 Å². The minimum absolute atomic E-state index is 0.850. The van der Waals surface area contributed by atoms with Gasteiger partial charge in [-0.15, -0.1) is 0 Å². The molecule has 0 amide bonds. The molecule has 0 bridgehead atoms. The first-order valence-electron chi connectivity index (χ1n) is 2.40. The predicted octanol–water partition coefficient (Wildman–Crippen LogP) is -0.473. The van der Waals surface area contributed by atoms with Crippen LogP contribution in [0.4, 0.5) is 5.69 Å². The van der Waals surface area contributed by atoms with E-state index >= 15 is 0 Å². The number of rotatable bonds is 0. The molecular formula is C6H8NSb. The second-order valence-corrected chi connectivity index (χ2v) is 3.57. The van der Waals surface area contributed by atoms with Gasteiger partial charge in [-0.1, -0.05) is 0 Å². The molecule has 1 rings (SSSR count). The Labute approximate surface area is 62.4 Å². The Morgan fingerprint density at radius 2 is 1.62 bits per heavy atom. The molecule has 0 unspecified atom stereocenters. The van der Waals surface area contributed by atoms with Gasteiger partial charge in [0.15, 0.2) is 0 Å². The summed E-state index contributed by atoms with van der Waals surface area (Å²) in [5.41, 5.74) is 6.29. The van der Waals surface area contributed by atoms with Crippen molar-refractivity contribution in [2.75, 3.05) is 5.73 Å². The zero-order chi connectivity index (χ0) is 5.98. The van der Waals surface area contributed by atoms with Crippen LogP contribution >= 0.6 is 0 Å². The van der Waals surface area contributed by atoms with Crippen molar-refractivity contribution in [3.05, 3.63) is 24.3 Å². The summed E-state index contributed by atoms with van der Waals surface area (Å²) in [5.74, 6) is 0. The average molecular weight is 216 g/mol. The Morgan fingerprint density at radius 1 is 1.12 bits per heavy atom. The van der Waals surface area contributed by atoms with Gasteiger partial charge in [0.25, 0.3) is 0 Å². The van der Waals surface area contributed by atoms with Gasteiger partial charge in [0.05, 0.1) is 0 Å². The van der Waals surface area contributed by atoms with Gasteiger partial charge in [-0.05, 0) is 0 Å². The molecule has 1 nitrogen and oxygen atoms in total. The second-order valence-electron chi connectivity index (χ2n) is 1.67. The third kappa shape index (κ3) is 1.41. The van der Waals surface area contributed by atoms with Crippen molar-refractivity contribution < 1.29 is 0 Å². The number of anilines is 1. The molecule has 42 valence electrons. The van der Waals surface area contributed by atoms with E-state index in [0.29, 0.717) is 0 Å². The van der Waals surface area contributed by atoms with Gasteiger partial charge in [0.2, 0.25) is 0 Å². The van der Waals surface area contributed by atoms with Crippen LogP contribution in [0, 0.1) is 0 Å². The molecule has 0 saturated carbocycles. The number of benzene rings is 1. The summed E-state index contributed by atoms with van der Waals surface area (Å²) in [6, 6.07) is 7.97. The van der Waals surface area contributed by atoms with E-state index in [-0.39, 0.29) is 0 Å². The van der Waals surface area contributed by atoms with Crippen LogP contribution < -0.4 is 9.24 Å². The number of hydrogen-bond donors (Lipinski definition) is 1. The Bertz CT molecular complexity index is 147. The van der Waals surface area contributed by atoms with Crippen molar-refractivity contribution in [3.8, 4) is 0 Å². The molecule has 0 aromatic heterocycles. The summed E-state index contributed by atoms with van der Waals surface area (Å²) in [5, 5.41) is 0. The SMILES string of the molecule is Nc1cc[c]([SbH2])cc1. The van der Waals surface area contributed by atoms with Gasteiger partial charge < -0.3 is 0 Å². The first-order chi connectivity index (χ1) is 3.79. The monoisotopic (exact) mass is 215 g/mol.